The maximum absolute atomic E-state index is 6.17. The van der Waals surface area contributed by atoms with Crippen LogP contribution in [-0.4, -0.2) is 6.21 Å². The van der Waals surface area contributed by atoms with Gasteiger partial charge in [0.2, 0.25) is 0 Å². The third-order valence-corrected chi connectivity index (χ3v) is 4.30. The minimum atomic E-state index is 0.442. The van der Waals surface area contributed by atoms with Crippen LogP contribution in [0.1, 0.15) is 22.3 Å². The predicted octanol–water partition coefficient (Wildman–Crippen LogP) is 6.29. The summed E-state index contributed by atoms with van der Waals surface area (Å²) in [5, 5.41) is 0.718. The molecule has 0 saturated carbocycles. The zero-order chi connectivity index (χ0) is 17.6. The van der Waals surface area contributed by atoms with E-state index < -0.39 is 0 Å². The molecule has 3 rings (SSSR count). The zero-order valence-electron chi connectivity index (χ0n) is 14.4. The molecule has 0 aromatic heterocycles. The first-order valence-corrected chi connectivity index (χ1v) is 8.57. The lowest BCUT2D eigenvalue weighted by Gasteiger charge is -2.08. The van der Waals surface area contributed by atoms with Crippen LogP contribution >= 0.6 is 11.6 Å². The van der Waals surface area contributed by atoms with E-state index in [2.05, 4.69) is 37.0 Å². The summed E-state index contributed by atoms with van der Waals surface area (Å²) in [6, 6.07) is 21.9. The summed E-state index contributed by atoms with van der Waals surface area (Å²) in [6.07, 6.45) is 1.87. The quantitative estimate of drug-likeness (QED) is 0.496. The van der Waals surface area contributed by atoms with Crippen molar-refractivity contribution >= 4 is 23.5 Å². The molecule has 0 bridgehead atoms. The SMILES string of the molecule is Cc1ccc(C)c(N=Cc2cccc(OCc3ccccc3Cl)c2)c1. The van der Waals surface area contributed by atoms with Gasteiger partial charge in [0.1, 0.15) is 12.4 Å². The van der Waals surface area contributed by atoms with E-state index in [1.807, 2.05) is 54.7 Å². The summed E-state index contributed by atoms with van der Waals surface area (Å²) in [7, 11) is 0. The molecule has 0 heterocycles. The monoisotopic (exact) mass is 349 g/mol. The van der Waals surface area contributed by atoms with Crippen molar-refractivity contribution in [3.8, 4) is 5.75 Å². The molecule has 3 aromatic carbocycles. The molecule has 0 aliphatic carbocycles. The van der Waals surface area contributed by atoms with Crippen LogP contribution in [0.3, 0.4) is 0 Å². The van der Waals surface area contributed by atoms with Crippen LogP contribution in [0.4, 0.5) is 5.69 Å². The van der Waals surface area contributed by atoms with Crippen molar-refractivity contribution in [2.24, 2.45) is 4.99 Å². The minimum Gasteiger partial charge on any atom is -0.489 e. The second kappa shape index (κ2) is 8.00. The van der Waals surface area contributed by atoms with Crippen LogP contribution in [-0.2, 0) is 6.61 Å². The smallest absolute Gasteiger partial charge is 0.120 e. The summed E-state index contributed by atoms with van der Waals surface area (Å²) < 4.78 is 5.86. The average molecular weight is 350 g/mol. The van der Waals surface area contributed by atoms with E-state index in [0.717, 1.165) is 33.1 Å². The van der Waals surface area contributed by atoms with Crippen LogP contribution in [0.2, 0.25) is 5.02 Å². The molecule has 126 valence electrons. The topological polar surface area (TPSA) is 21.6 Å². The fraction of sp³-hybridized carbons (Fsp3) is 0.136. The summed E-state index contributed by atoms with van der Waals surface area (Å²) >= 11 is 6.17. The third-order valence-electron chi connectivity index (χ3n) is 3.93. The van der Waals surface area contributed by atoms with Crippen molar-refractivity contribution in [2.75, 3.05) is 0 Å². The van der Waals surface area contributed by atoms with Gasteiger partial charge in [-0.1, -0.05) is 54.1 Å². The second-order valence-corrected chi connectivity index (χ2v) is 6.41. The van der Waals surface area contributed by atoms with E-state index in [9.17, 15) is 0 Å². The summed E-state index contributed by atoms with van der Waals surface area (Å²) in [5.41, 5.74) is 5.32. The number of aryl methyl sites for hydroxylation is 2. The van der Waals surface area contributed by atoms with E-state index in [4.69, 9.17) is 16.3 Å². The molecule has 0 amide bonds. The Morgan fingerprint density at radius 2 is 1.80 bits per heavy atom. The Hall–Kier alpha value is -2.58. The van der Waals surface area contributed by atoms with Gasteiger partial charge < -0.3 is 4.74 Å². The highest BCUT2D eigenvalue weighted by atomic mass is 35.5. The molecule has 3 aromatic rings. The number of benzene rings is 3. The molecular formula is C22H20ClNO. The van der Waals surface area contributed by atoms with Gasteiger partial charge in [-0.2, -0.15) is 0 Å². The first-order chi connectivity index (χ1) is 12.1. The normalized spacial score (nSPS) is 11.0. The molecule has 25 heavy (non-hydrogen) atoms. The average Bonchev–Trinajstić information content (AvgIpc) is 2.62. The maximum Gasteiger partial charge on any atom is 0.120 e. The lowest BCUT2D eigenvalue weighted by atomic mass is 10.1. The molecule has 2 nitrogen and oxygen atoms in total. The molecule has 0 radical (unpaired) electrons. The van der Waals surface area contributed by atoms with Gasteiger partial charge in [-0.3, -0.25) is 4.99 Å². The predicted molar refractivity (Wildman–Crippen MR) is 105 cm³/mol. The Balaban J connectivity index is 1.72. The van der Waals surface area contributed by atoms with Gasteiger partial charge in [0.15, 0.2) is 0 Å². The summed E-state index contributed by atoms with van der Waals surface area (Å²) in [6.45, 7) is 4.58. The zero-order valence-corrected chi connectivity index (χ0v) is 15.1. The molecule has 0 aliphatic heterocycles. The van der Waals surface area contributed by atoms with Crippen LogP contribution in [0.5, 0.6) is 5.75 Å². The van der Waals surface area contributed by atoms with E-state index in [0.29, 0.717) is 6.61 Å². The van der Waals surface area contributed by atoms with Gasteiger partial charge >= 0.3 is 0 Å². The molecule has 0 unspecified atom stereocenters. The fourth-order valence-corrected chi connectivity index (χ4v) is 2.65. The van der Waals surface area contributed by atoms with Crippen molar-refractivity contribution in [1.29, 1.82) is 0 Å². The van der Waals surface area contributed by atoms with Gasteiger partial charge in [0.05, 0.1) is 5.69 Å². The third kappa shape index (κ3) is 4.71. The van der Waals surface area contributed by atoms with E-state index >= 15 is 0 Å². The van der Waals surface area contributed by atoms with E-state index in [-0.39, 0.29) is 0 Å². The number of nitrogens with zero attached hydrogens (tertiary/aromatic N) is 1. The fourth-order valence-electron chi connectivity index (χ4n) is 2.46. The molecule has 0 spiro atoms. The molecule has 0 atom stereocenters. The van der Waals surface area contributed by atoms with Crippen LogP contribution in [0.25, 0.3) is 0 Å². The van der Waals surface area contributed by atoms with Crippen molar-refractivity contribution in [3.05, 3.63) is 94.0 Å². The highest BCUT2D eigenvalue weighted by Crippen LogP contribution is 2.21. The minimum absolute atomic E-state index is 0.442. The van der Waals surface area contributed by atoms with Crippen LogP contribution in [0, 0.1) is 13.8 Å². The molecule has 0 fully saturated rings. The Morgan fingerprint density at radius 3 is 2.64 bits per heavy atom. The van der Waals surface area contributed by atoms with Gasteiger partial charge in [0, 0.05) is 16.8 Å². The molecule has 0 N–H and O–H groups in total. The lowest BCUT2D eigenvalue weighted by Crippen LogP contribution is -1.96. The highest BCUT2D eigenvalue weighted by molar-refractivity contribution is 6.31. The number of hydrogen-bond acceptors (Lipinski definition) is 2. The number of ether oxygens (including phenoxy) is 1. The van der Waals surface area contributed by atoms with Gasteiger partial charge in [0.25, 0.3) is 0 Å². The highest BCUT2D eigenvalue weighted by Gasteiger charge is 2.01. The lowest BCUT2D eigenvalue weighted by molar-refractivity contribution is 0.306. The van der Waals surface area contributed by atoms with Gasteiger partial charge in [-0.05, 0) is 54.8 Å². The van der Waals surface area contributed by atoms with E-state index in [1.165, 1.54) is 5.56 Å². The maximum atomic E-state index is 6.17. The van der Waals surface area contributed by atoms with Gasteiger partial charge in [-0.25, -0.2) is 0 Å². The van der Waals surface area contributed by atoms with Crippen molar-refractivity contribution in [3.63, 3.8) is 0 Å². The Bertz CT molecular complexity index is 902. The molecule has 0 saturated heterocycles. The Labute approximate surface area is 153 Å². The first-order valence-electron chi connectivity index (χ1n) is 8.19. The van der Waals surface area contributed by atoms with Crippen LogP contribution in [0.15, 0.2) is 71.7 Å². The summed E-state index contributed by atoms with van der Waals surface area (Å²) in [5.74, 6) is 0.796. The van der Waals surface area contributed by atoms with Crippen LogP contribution < -0.4 is 4.74 Å². The second-order valence-electron chi connectivity index (χ2n) is 6.00. The molecule has 3 heteroatoms. The Morgan fingerprint density at radius 1 is 0.960 bits per heavy atom. The number of aliphatic imine (C=N–C) groups is 1. The summed E-state index contributed by atoms with van der Waals surface area (Å²) in [4.78, 5) is 4.61. The van der Waals surface area contributed by atoms with Crippen molar-refractivity contribution < 1.29 is 4.74 Å². The van der Waals surface area contributed by atoms with Crippen molar-refractivity contribution in [1.82, 2.24) is 0 Å². The first kappa shape index (κ1) is 17.2. The number of halogens is 1. The van der Waals surface area contributed by atoms with Crippen molar-refractivity contribution in [2.45, 2.75) is 20.5 Å². The number of hydrogen-bond donors (Lipinski definition) is 0. The number of rotatable bonds is 5. The van der Waals surface area contributed by atoms with E-state index in [1.54, 1.807) is 0 Å². The molecular weight excluding hydrogens is 330 g/mol. The largest absolute Gasteiger partial charge is 0.489 e. The molecule has 0 aliphatic rings. The Kier molecular flexibility index (Phi) is 5.52. The standard InChI is InChI=1S/C22H20ClNO/c1-16-10-11-17(2)22(12-16)24-14-18-6-5-8-20(13-18)25-15-19-7-3-4-9-21(19)23/h3-14H,15H2,1-2H3. The van der Waals surface area contributed by atoms with Gasteiger partial charge in [-0.15, -0.1) is 0 Å².